The quantitative estimate of drug-likeness (QED) is 0.483. The Bertz CT molecular complexity index is 714. The molecule has 0 N–H and O–H groups in total. The molecule has 135 valence electrons. The van der Waals surface area contributed by atoms with E-state index in [-0.39, 0.29) is 44.1 Å². The van der Waals surface area contributed by atoms with Crippen LogP contribution in [0.15, 0.2) is 47.6 Å². The van der Waals surface area contributed by atoms with Gasteiger partial charge >= 0.3 is 0 Å². The minimum Gasteiger partial charge on any atom is -0.658 e. The molecular weight excluding hydrogens is 553 g/mol. The Morgan fingerprint density at radius 2 is 1.88 bits per heavy atom. The smallest absolute Gasteiger partial charge is 0.0397 e. The Labute approximate surface area is 197 Å². The number of pyridine rings is 1. The van der Waals surface area contributed by atoms with Crippen LogP contribution in [0.2, 0.25) is 0 Å². The maximum absolute atomic E-state index is 4.54. The van der Waals surface area contributed by atoms with E-state index >= 15 is 0 Å². The monoisotopic (exact) mass is 579 g/mol. The molecule has 0 aliphatic carbocycles. The van der Waals surface area contributed by atoms with E-state index < -0.39 is 0 Å². The molecule has 1 radical (unpaired) electrons. The van der Waals surface area contributed by atoms with Gasteiger partial charge < -0.3 is 10.2 Å². The minimum absolute atomic E-state index is 0. The number of thioether (sulfide) groups is 1. The number of hydrogen-bond donors (Lipinski definition) is 0. The van der Waals surface area contributed by atoms with Crippen molar-refractivity contribution >= 4 is 17.4 Å². The van der Waals surface area contributed by atoms with Crippen LogP contribution in [-0.2, 0) is 13.0 Å². The van der Waals surface area contributed by atoms with E-state index in [4.69, 9.17) is 0 Å². The van der Waals surface area contributed by atoms with Crippen LogP contribution in [0.5, 0.6) is 0 Å². The number of rotatable bonds is 4. The maximum Gasteiger partial charge on any atom is 0.0397 e. The van der Waals surface area contributed by atoms with E-state index in [1.54, 1.807) is 0 Å². The molecule has 2 aliphatic heterocycles. The zero-order valence-electron chi connectivity index (χ0n) is 15.5. The number of benzene rings is 1. The van der Waals surface area contributed by atoms with Crippen LogP contribution in [0.25, 0.3) is 5.32 Å². The van der Waals surface area contributed by atoms with E-state index in [1.807, 2.05) is 24.2 Å². The van der Waals surface area contributed by atoms with Crippen LogP contribution in [0.1, 0.15) is 30.9 Å². The van der Waals surface area contributed by atoms with Crippen LogP contribution in [0.4, 0.5) is 5.69 Å². The van der Waals surface area contributed by atoms with Crippen molar-refractivity contribution in [2.75, 3.05) is 30.3 Å². The largest absolute Gasteiger partial charge is 0.658 e. The summed E-state index contributed by atoms with van der Waals surface area (Å²) in [5.74, 6) is 1.20. The Hall–Kier alpha value is -0.0784. The van der Waals surface area contributed by atoms with Crippen LogP contribution in [0.3, 0.4) is 0 Å². The van der Waals surface area contributed by atoms with E-state index in [0.29, 0.717) is 5.41 Å². The molecule has 26 heavy (non-hydrogen) atoms. The summed E-state index contributed by atoms with van der Waals surface area (Å²) in [6.07, 6.45) is 7.40. The molecule has 3 heterocycles. The standard InChI is InChI=1S/C21H26N3S.Ac/c1-21(7-12-24(13-8-21)19-5-10-22-11-6-19)16-25-20-3-2-17-4-9-23-15-18(17)14-20;/h2-3,5-6,10-11,14H,4,7-9,12-13,15-16H2,1H3;/q-1;. The van der Waals surface area contributed by atoms with Gasteiger partial charge in [0, 0.05) is 85.9 Å². The van der Waals surface area contributed by atoms with E-state index in [1.165, 1.54) is 40.3 Å². The van der Waals surface area contributed by atoms with Gasteiger partial charge in [-0.25, -0.2) is 0 Å². The van der Waals surface area contributed by atoms with Crippen molar-refractivity contribution in [1.82, 2.24) is 4.98 Å². The van der Waals surface area contributed by atoms with Crippen molar-refractivity contribution in [2.45, 2.75) is 37.6 Å². The van der Waals surface area contributed by atoms with Crippen LogP contribution in [-0.4, -0.2) is 30.4 Å². The Morgan fingerprint density at radius 1 is 1.12 bits per heavy atom. The van der Waals surface area contributed by atoms with Crippen LogP contribution >= 0.6 is 11.8 Å². The van der Waals surface area contributed by atoms with Gasteiger partial charge in [-0.2, -0.15) is 0 Å². The third kappa shape index (κ3) is 5.04. The van der Waals surface area contributed by atoms with Crippen molar-refractivity contribution < 1.29 is 44.1 Å². The van der Waals surface area contributed by atoms with Gasteiger partial charge in [0.25, 0.3) is 0 Å². The molecule has 5 heteroatoms. The number of fused-ring (bicyclic) bond motifs is 1. The molecule has 4 rings (SSSR count). The average Bonchev–Trinajstić information content (AvgIpc) is 2.68. The average molecular weight is 580 g/mol. The molecule has 0 amide bonds. The third-order valence-electron chi connectivity index (χ3n) is 5.58. The third-order valence-corrected chi connectivity index (χ3v) is 7.01. The van der Waals surface area contributed by atoms with Gasteiger partial charge in [0.05, 0.1) is 0 Å². The Balaban J connectivity index is 0.00000196. The van der Waals surface area contributed by atoms with E-state index in [2.05, 4.69) is 52.5 Å². The first-order valence-electron chi connectivity index (χ1n) is 9.25. The molecule has 1 saturated heterocycles. The fourth-order valence-corrected chi connectivity index (χ4v) is 4.94. The molecule has 0 spiro atoms. The van der Waals surface area contributed by atoms with Gasteiger partial charge in [0.15, 0.2) is 0 Å². The fourth-order valence-electron chi connectivity index (χ4n) is 3.74. The molecule has 3 nitrogen and oxygen atoms in total. The molecule has 1 fully saturated rings. The first kappa shape index (κ1) is 20.7. The molecule has 2 aromatic rings. The first-order chi connectivity index (χ1) is 12.2. The number of aromatic nitrogens is 1. The first-order valence-corrected chi connectivity index (χ1v) is 10.2. The summed E-state index contributed by atoms with van der Waals surface area (Å²) in [5, 5.41) is 4.54. The molecule has 0 unspecified atom stereocenters. The van der Waals surface area contributed by atoms with Crippen molar-refractivity contribution in [1.29, 1.82) is 0 Å². The molecule has 1 aromatic carbocycles. The summed E-state index contributed by atoms with van der Waals surface area (Å²) in [4.78, 5) is 8.03. The molecule has 0 saturated carbocycles. The predicted octanol–water partition coefficient (Wildman–Crippen LogP) is 4.91. The molecule has 0 bridgehead atoms. The minimum atomic E-state index is 0. The summed E-state index contributed by atoms with van der Waals surface area (Å²) in [6, 6.07) is 11.2. The molecular formula is C21H26AcN3S-. The number of hydrogen-bond acceptors (Lipinski definition) is 3. The van der Waals surface area contributed by atoms with Gasteiger partial charge in [0.2, 0.25) is 0 Å². The van der Waals surface area contributed by atoms with Crippen molar-refractivity contribution in [3.05, 3.63) is 59.2 Å². The van der Waals surface area contributed by atoms with Crippen molar-refractivity contribution in [2.24, 2.45) is 5.41 Å². The maximum atomic E-state index is 4.54. The van der Waals surface area contributed by atoms with Crippen LogP contribution < -0.4 is 4.90 Å². The normalized spacial score (nSPS) is 18.7. The van der Waals surface area contributed by atoms with E-state index in [9.17, 15) is 0 Å². The van der Waals surface area contributed by atoms with Crippen molar-refractivity contribution in [3.8, 4) is 0 Å². The molecule has 2 aliphatic rings. The zero-order chi connectivity index (χ0) is 17.1. The number of piperidine rings is 1. The molecule has 0 atom stereocenters. The van der Waals surface area contributed by atoms with Gasteiger partial charge in [0.1, 0.15) is 0 Å². The van der Waals surface area contributed by atoms with Gasteiger partial charge in [-0.1, -0.05) is 18.6 Å². The van der Waals surface area contributed by atoms with Crippen molar-refractivity contribution in [3.63, 3.8) is 0 Å². The summed E-state index contributed by atoms with van der Waals surface area (Å²) in [5.41, 5.74) is 4.67. The van der Waals surface area contributed by atoms with Crippen LogP contribution in [0, 0.1) is 49.5 Å². The van der Waals surface area contributed by atoms with Gasteiger partial charge in [-0.05, 0) is 54.5 Å². The second kappa shape index (κ2) is 9.41. The zero-order valence-corrected chi connectivity index (χ0v) is 21.1. The summed E-state index contributed by atoms with van der Waals surface area (Å²) < 4.78 is 0. The summed E-state index contributed by atoms with van der Waals surface area (Å²) >= 11 is 2.03. The fraction of sp³-hybridized carbons (Fsp3) is 0.476. The topological polar surface area (TPSA) is 30.2 Å². The molecule has 1 aromatic heterocycles. The summed E-state index contributed by atoms with van der Waals surface area (Å²) in [6.45, 7) is 6.64. The summed E-state index contributed by atoms with van der Waals surface area (Å²) in [7, 11) is 0. The predicted molar refractivity (Wildman–Crippen MR) is 107 cm³/mol. The second-order valence-electron chi connectivity index (χ2n) is 7.58. The Morgan fingerprint density at radius 3 is 2.65 bits per heavy atom. The van der Waals surface area contributed by atoms with E-state index in [0.717, 1.165) is 32.6 Å². The van der Waals surface area contributed by atoms with Gasteiger partial charge in [-0.15, -0.1) is 24.9 Å². The SMILES string of the molecule is CC1(CSc2ccc3c(c2)C[N-]CC3)CCN(c2ccncc2)CC1.[Ac]. The van der Waals surface area contributed by atoms with Gasteiger partial charge in [-0.3, -0.25) is 4.98 Å². The number of anilines is 1. The second-order valence-corrected chi connectivity index (χ2v) is 8.63. The Kier molecular flexibility index (Phi) is 7.48. The number of nitrogens with zero attached hydrogens (tertiary/aromatic N) is 3.